The second kappa shape index (κ2) is 11.0. The van der Waals surface area contributed by atoms with Gasteiger partial charge in [0.05, 0.1) is 27.3 Å². The van der Waals surface area contributed by atoms with Gasteiger partial charge in [0.15, 0.2) is 5.82 Å². The Labute approximate surface area is 270 Å². The van der Waals surface area contributed by atoms with Gasteiger partial charge in [0, 0.05) is 32.3 Å². The van der Waals surface area contributed by atoms with E-state index in [9.17, 15) is 0 Å². The summed E-state index contributed by atoms with van der Waals surface area (Å²) in [6.45, 7) is 0. The Balaban J connectivity index is 1.22. The summed E-state index contributed by atoms with van der Waals surface area (Å²) in [5.41, 5.74) is 9.76. The molecule has 0 aliphatic rings. The summed E-state index contributed by atoms with van der Waals surface area (Å²) in [4.78, 5) is 11.5. The molecule has 0 aliphatic heterocycles. The van der Waals surface area contributed by atoms with Crippen LogP contribution in [0.15, 0.2) is 164 Å². The van der Waals surface area contributed by atoms with Crippen molar-refractivity contribution in [1.82, 2.24) is 14.5 Å². The van der Waals surface area contributed by atoms with Crippen LogP contribution in [0.25, 0.3) is 81.9 Å². The van der Waals surface area contributed by atoms with Crippen molar-refractivity contribution in [2.24, 2.45) is 0 Å². The SMILES string of the molecule is c1ccc(-c2ccc(-c3cc(-c4cc5ccccc5s4)nc(-c4ccc5c(c4)c4ccccc4n5-c4ccccc4)n3)cc2)cc1. The number of thiophene rings is 1. The first-order valence-electron chi connectivity index (χ1n) is 15.4. The Hall–Kier alpha value is -5.84. The fourth-order valence-corrected chi connectivity index (χ4v) is 7.41. The number of benzene rings is 6. The lowest BCUT2D eigenvalue weighted by Gasteiger charge is -2.10. The predicted molar refractivity (Wildman–Crippen MR) is 193 cm³/mol. The Morgan fingerprint density at radius 3 is 1.89 bits per heavy atom. The average molecular weight is 606 g/mol. The average Bonchev–Trinajstić information content (AvgIpc) is 3.72. The maximum absolute atomic E-state index is 5.20. The van der Waals surface area contributed by atoms with Crippen LogP contribution in [0.4, 0.5) is 0 Å². The third-order valence-electron chi connectivity index (χ3n) is 8.64. The third kappa shape index (κ3) is 4.59. The summed E-state index contributed by atoms with van der Waals surface area (Å²) >= 11 is 1.77. The summed E-state index contributed by atoms with van der Waals surface area (Å²) in [6.07, 6.45) is 0. The number of para-hydroxylation sites is 2. The molecule has 0 fully saturated rings. The molecule has 4 heteroatoms. The maximum Gasteiger partial charge on any atom is 0.160 e. The van der Waals surface area contributed by atoms with Crippen molar-refractivity contribution >= 4 is 43.2 Å². The van der Waals surface area contributed by atoms with Gasteiger partial charge in [0.1, 0.15) is 0 Å². The molecule has 3 heterocycles. The molecule has 3 nitrogen and oxygen atoms in total. The van der Waals surface area contributed by atoms with Gasteiger partial charge in [-0.05, 0) is 71.1 Å². The molecule has 0 atom stereocenters. The van der Waals surface area contributed by atoms with Crippen LogP contribution in [0, 0.1) is 0 Å². The lowest BCUT2D eigenvalue weighted by Crippen LogP contribution is -1.96. The normalized spacial score (nSPS) is 11.5. The van der Waals surface area contributed by atoms with Crippen molar-refractivity contribution in [3.8, 4) is 50.0 Å². The van der Waals surface area contributed by atoms with E-state index < -0.39 is 0 Å². The fourth-order valence-electron chi connectivity index (χ4n) is 6.39. The molecule has 0 spiro atoms. The Morgan fingerprint density at radius 1 is 0.435 bits per heavy atom. The lowest BCUT2D eigenvalue weighted by atomic mass is 10.0. The minimum absolute atomic E-state index is 0.718. The van der Waals surface area contributed by atoms with Crippen LogP contribution in [0.1, 0.15) is 0 Å². The number of aromatic nitrogens is 3. The molecule has 0 unspecified atom stereocenters. The zero-order chi connectivity index (χ0) is 30.5. The summed E-state index contributed by atoms with van der Waals surface area (Å²) < 4.78 is 3.59. The van der Waals surface area contributed by atoms with Crippen molar-refractivity contribution in [2.75, 3.05) is 0 Å². The van der Waals surface area contributed by atoms with Crippen molar-refractivity contribution < 1.29 is 0 Å². The van der Waals surface area contributed by atoms with Crippen molar-refractivity contribution in [2.45, 2.75) is 0 Å². The highest BCUT2D eigenvalue weighted by atomic mass is 32.1. The Kier molecular flexibility index (Phi) is 6.32. The summed E-state index contributed by atoms with van der Waals surface area (Å²) in [5, 5.41) is 3.62. The number of hydrogen-bond acceptors (Lipinski definition) is 3. The molecule has 0 N–H and O–H groups in total. The molecule has 216 valence electrons. The van der Waals surface area contributed by atoms with Gasteiger partial charge < -0.3 is 4.57 Å². The van der Waals surface area contributed by atoms with Crippen molar-refractivity contribution in [3.05, 3.63) is 164 Å². The van der Waals surface area contributed by atoms with Crippen LogP contribution >= 0.6 is 11.3 Å². The van der Waals surface area contributed by atoms with E-state index in [1.807, 2.05) is 6.07 Å². The number of rotatable bonds is 5. The molecule has 0 saturated heterocycles. The second-order valence-electron chi connectivity index (χ2n) is 11.5. The van der Waals surface area contributed by atoms with Gasteiger partial charge in [-0.3, -0.25) is 0 Å². The molecule has 9 rings (SSSR count). The molecule has 9 aromatic rings. The van der Waals surface area contributed by atoms with E-state index in [0.717, 1.165) is 44.4 Å². The summed E-state index contributed by atoms with van der Waals surface area (Å²) in [7, 11) is 0. The van der Waals surface area contributed by atoms with Crippen LogP contribution < -0.4 is 0 Å². The Bertz CT molecular complexity index is 2480. The highest BCUT2D eigenvalue weighted by molar-refractivity contribution is 7.22. The first-order valence-corrected chi connectivity index (χ1v) is 16.2. The Morgan fingerprint density at radius 2 is 1.07 bits per heavy atom. The lowest BCUT2D eigenvalue weighted by molar-refractivity contribution is 1.17. The summed E-state index contributed by atoms with van der Waals surface area (Å²) in [5.74, 6) is 0.718. The zero-order valence-corrected chi connectivity index (χ0v) is 25.7. The van der Waals surface area contributed by atoms with E-state index in [1.54, 1.807) is 11.3 Å². The van der Waals surface area contributed by atoms with Gasteiger partial charge in [-0.1, -0.05) is 109 Å². The standard InChI is InChI=1S/C42H27N3S/c1-3-11-28(12-4-1)29-19-21-30(22-20-29)36-27-37(41-26-31-13-7-10-18-40(31)46-41)44-42(43-36)32-23-24-39-35(25-32)34-16-8-9-17-38(34)45(39)33-14-5-2-6-15-33/h1-27H. The summed E-state index contributed by atoms with van der Waals surface area (Å²) in [6, 6.07) is 57.8. The van der Waals surface area contributed by atoms with Gasteiger partial charge in [-0.15, -0.1) is 11.3 Å². The number of hydrogen-bond donors (Lipinski definition) is 0. The van der Waals surface area contributed by atoms with Crippen LogP contribution in [0.3, 0.4) is 0 Å². The van der Waals surface area contributed by atoms with Gasteiger partial charge in [-0.25, -0.2) is 9.97 Å². The maximum atomic E-state index is 5.20. The topological polar surface area (TPSA) is 30.7 Å². The van der Waals surface area contributed by atoms with E-state index in [1.165, 1.54) is 37.5 Å². The van der Waals surface area contributed by atoms with Gasteiger partial charge in [0.2, 0.25) is 0 Å². The fraction of sp³-hybridized carbons (Fsp3) is 0. The monoisotopic (exact) mass is 605 g/mol. The van der Waals surface area contributed by atoms with Crippen LogP contribution in [-0.4, -0.2) is 14.5 Å². The highest BCUT2D eigenvalue weighted by Crippen LogP contribution is 2.38. The molecular weight excluding hydrogens is 579 g/mol. The second-order valence-corrected chi connectivity index (χ2v) is 12.6. The molecule has 0 bridgehead atoms. The van der Waals surface area contributed by atoms with Crippen molar-refractivity contribution in [3.63, 3.8) is 0 Å². The molecular formula is C42H27N3S. The van der Waals surface area contributed by atoms with Gasteiger partial charge >= 0.3 is 0 Å². The van der Waals surface area contributed by atoms with E-state index >= 15 is 0 Å². The van der Waals surface area contributed by atoms with E-state index in [-0.39, 0.29) is 0 Å². The number of nitrogens with zero attached hydrogens (tertiary/aromatic N) is 3. The zero-order valence-electron chi connectivity index (χ0n) is 24.8. The third-order valence-corrected chi connectivity index (χ3v) is 9.78. The highest BCUT2D eigenvalue weighted by Gasteiger charge is 2.16. The molecule has 0 amide bonds. The largest absolute Gasteiger partial charge is 0.309 e. The molecule has 0 saturated carbocycles. The van der Waals surface area contributed by atoms with Crippen LogP contribution in [0.5, 0.6) is 0 Å². The van der Waals surface area contributed by atoms with Crippen LogP contribution in [-0.2, 0) is 0 Å². The predicted octanol–water partition coefficient (Wildman–Crippen LogP) is 11.5. The van der Waals surface area contributed by atoms with E-state index in [2.05, 4.69) is 162 Å². The van der Waals surface area contributed by atoms with Crippen molar-refractivity contribution in [1.29, 1.82) is 0 Å². The van der Waals surface area contributed by atoms with Crippen LogP contribution in [0.2, 0.25) is 0 Å². The van der Waals surface area contributed by atoms with Gasteiger partial charge in [0.25, 0.3) is 0 Å². The first kappa shape index (κ1) is 26.6. The van der Waals surface area contributed by atoms with Gasteiger partial charge in [-0.2, -0.15) is 0 Å². The minimum Gasteiger partial charge on any atom is -0.309 e. The molecule has 0 radical (unpaired) electrons. The van der Waals surface area contributed by atoms with E-state index in [4.69, 9.17) is 9.97 Å². The first-order chi connectivity index (χ1) is 22.8. The smallest absolute Gasteiger partial charge is 0.160 e. The molecule has 3 aromatic heterocycles. The quantitative estimate of drug-likeness (QED) is 0.195. The minimum atomic E-state index is 0.718. The van der Waals surface area contributed by atoms with E-state index in [0.29, 0.717) is 0 Å². The molecule has 46 heavy (non-hydrogen) atoms. The number of fused-ring (bicyclic) bond motifs is 4. The molecule has 6 aromatic carbocycles. The molecule has 0 aliphatic carbocycles.